The summed E-state index contributed by atoms with van der Waals surface area (Å²) in [4.78, 5) is 0. The van der Waals surface area contributed by atoms with E-state index >= 15 is 0 Å². The molecule has 94 valence electrons. The van der Waals surface area contributed by atoms with Crippen molar-refractivity contribution >= 4 is 22.5 Å². The van der Waals surface area contributed by atoms with Gasteiger partial charge in [-0.15, -0.1) is 5.10 Å². The first kappa shape index (κ1) is 12.2. The molecule has 0 saturated heterocycles. The third-order valence-electron chi connectivity index (χ3n) is 2.99. The fourth-order valence-corrected chi connectivity index (χ4v) is 2.99. The largest absolute Gasteiger partial charge is 0.157 e. The van der Waals surface area contributed by atoms with Gasteiger partial charge in [0.15, 0.2) is 0 Å². The molecule has 0 saturated carbocycles. The normalized spacial score (nSPS) is 10.8. The first-order chi connectivity index (χ1) is 9.33. The monoisotopic (exact) mass is 266 g/mol. The Morgan fingerprint density at radius 1 is 1.05 bits per heavy atom. The summed E-state index contributed by atoms with van der Waals surface area (Å²) in [5.74, 6) is 0.921. The van der Waals surface area contributed by atoms with Crippen LogP contribution in [0.4, 0.5) is 0 Å². The standard InChI is InChI=1S/C16H14N2S/c1-12-5-4-6-13(9-12)11-19-16-15-8-3-2-7-14(15)10-17-18-16/h2-10H,11H2,1H3. The first-order valence-corrected chi connectivity index (χ1v) is 7.20. The smallest absolute Gasteiger partial charge is 0.127 e. The van der Waals surface area contributed by atoms with Crippen LogP contribution >= 0.6 is 11.8 Å². The van der Waals surface area contributed by atoms with Gasteiger partial charge in [0.1, 0.15) is 5.03 Å². The Balaban J connectivity index is 1.86. The van der Waals surface area contributed by atoms with Gasteiger partial charge in [0.05, 0.1) is 6.20 Å². The van der Waals surface area contributed by atoms with Crippen LogP contribution in [0, 0.1) is 6.92 Å². The molecule has 3 rings (SSSR count). The van der Waals surface area contributed by atoms with Crippen LogP contribution < -0.4 is 0 Å². The van der Waals surface area contributed by atoms with Gasteiger partial charge in [-0.3, -0.25) is 0 Å². The molecule has 0 amide bonds. The van der Waals surface area contributed by atoms with Crippen LogP contribution in [0.2, 0.25) is 0 Å². The highest BCUT2D eigenvalue weighted by atomic mass is 32.2. The highest BCUT2D eigenvalue weighted by Crippen LogP contribution is 2.27. The van der Waals surface area contributed by atoms with Crippen molar-refractivity contribution in [2.45, 2.75) is 17.7 Å². The van der Waals surface area contributed by atoms with Gasteiger partial charge in [-0.05, 0) is 12.5 Å². The molecule has 0 N–H and O–H groups in total. The minimum absolute atomic E-state index is 0.921. The summed E-state index contributed by atoms with van der Waals surface area (Å²) in [6.07, 6.45) is 1.81. The van der Waals surface area contributed by atoms with Crippen LogP contribution in [0.3, 0.4) is 0 Å². The molecule has 2 aromatic carbocycles. The zero-order valence-corrected chi connectivity index (χ0v) is 11.5. The van der Waals surface area contributed by atoms with E-state index in [1.165, 1.54) is 16.5 Å². The van der Waals surface area contributed by atoms with Crippen molar-refractivity contribution in [2.24, 2.45) is 0 Å². The molecule has 0 fully saturated rings. The third-order valence-corrected chi connectivity index (χ3v) is 4.05. The molecule has 0 aliphatic carbocycles. The highest BCUT2D eigenvalue weighted by Gasteiger charge is 2.04. The predicted octanol–water partition coefficient (Wildman–Crippen LogP) is 4.23. The van der Waals surface area contributed by atoms with Gasteiger partial charge in [0.25, 0.3) is 0 Å². The van der Waals surface area contributed by atoms with Crippen molar-refractivity contribution in [3.63, 3.8) is 0 Å². The Morgan fingerprint density at radius 2 is 1.95 bits per heavy atom. The second kappa shape index (κ2) is 5.41. The van der Waals surface area contributed by atoms with E-state index in [0.717, 1.165) is 16.2 Å². The Bertz CT molecular complexity index is 704. The molecule has 0 bridgehead atoms. The van der Waals surface area contributed by atoms with Gasteiger partial charge in [-0.25, -0.2) is 0 Å². The van der Waals surface area contributed by atoms with Crippen LogP contribution in [-0.4, -0.2) is 10.2 Å². The summed E-state index contributed by atoms with van der Waals surface area (Å²) in [7, 11) is 0. The van der Waals surface area contributed by atoms with Crippen LogP contribution in [-0.2, 0) is 5.75 Å². The van der Waals surface area contributed by atoms with E-state index in [4.69, 9.17) is 0 Å². The maximum absolute atomic E-state index is 4.26. The minimum Gasteiger partial charge on any atom is -0.157 e. The predicted molar refractivity (Wildman–Crippen MR) is 80.3 cm³/mol. The Labute approximate surface area is 116 Å². The summed E-state index contributed by atoms with van der Waals surface area (Å²) in [6.45, 7) is 2.12. The molecule has 1 aromatic heterocycles. The molecule has 19 heavy (non-hydrogen) atoms. The van der Waals surface area contributed by atoms with Crippen molar-refractivity contribution in [3.05, 3.63) is 65.9 Å². The lowest BCUT2D eigenvalue weighted by molar-refractivity contribution is 0.955. The molecule has 0 spiro atoms. The summed E-state index contributed by atoms with van der Waals surface area (Å²) in [5, 5.41) is 11.6. The van der Waals surface area contributed by atoms with Crippen LogP contribution in [0.25, 0.3) is 10.8 Å². The third kappa shape index (κ3) is 2.76. The lowest BCUT2D eigenvalue weighted by Gasteiger charge is -2.05. The van der Waals surface area contributed by atoms with Crippen molar-refractivity contribution in [2.75, 3.05) is 0 Å². The fraction of sp³-hybridized carbons (Fsp3) is 0.125. The van der Waals surface area contributed by atoms with E-state index in [0.29, 0.717) is 0 Å². The second-order valence-electron chi connectivity index (χ2n) is 4.51. The molecule has 1 heterocycles. The van der Waals surface area contributed by atoms with Gasteiger partial charge in [0, 0.05) is 16.5 Å². The molecule has 3 aromatic rings. The number of aryl methyl sites for hydroxylation is 1. The maximum atomic E-state index is 4.26. The zero-order valence-electron chi connectivity index (χ0n) is 10.7. The molecule has 0 radical (unpaired) electrons. The Hall–Kier alpha value is -1.87. The number of thioether (sulfide) groups is 1. The van der Waals surface area contributed by atoms with E-state index in [1.807, 2.05) is 18.3 Å². The average molecular weight is 266 g/mol. The lowest BCUT2D eigenvalue weighted by Crippen LogP contribution is -1.88. The number of hydrogen-bond donors (Lipinski definition) is 0. The number of benzene rings is 2. The lowest BCUT2D eigenvalue weighted by atomic mass is 10.2. The molecule has 3 heteroatoms. The highest BCUT2D eigenvalue weighted by molar-refractivity contribution is 7.98. The van der Waals surface area contributed by atoms with Crippen LogP contribution in [0.5, 0.6) is 0 Å². The average Bonchev–Trinajstić information content (AvgIpc) is 2.45. The molecule has 2 nitrogen and oxygen atoms in total. The summed E-state index contributed by atoms with van der Waals surface area (Å²) >= 11 is 1.74. The van der Waals surface area contributed by atoms with E-state index in [-0.39, 0.29) is 0 Å². The fourth-order valence-electron chi connectivity index (χ4n) is 2.06. The van der Waals surface area contributed by atoms with E-state index in [2.05, 4.69) is 53.5 Å². The van der Waals surface area contributed by atoms with E-state index in [1.54, 1.807) is 11.8 Å². The summed E-state index contributed by atoms with van der Waals surface area (Å²) < 4.78 is 0. The van der Waals surface area contributed by atoms with Crippen molar-refractivity contribution < 1.29 is 0 Å². The van der Waals surface area contributed by atoms with Gasteiger partial charge >= 0.3 is 0 Å². The molecule has 0 aliphatic heterocycles. The van der Waals surface area contributed by atoms with Crippen LogP contribution in [0.15, 0.2) is 59.8 Å². The molecular weight excluding hydrogens is 252 g/mol. The summed E-state index contributed by atoms with van der Waals surface area (Å²) in [6, 6.07) is 16.8. The number of nitrogens with zero attached hydrogens (tertiary/aromatic N) is 2. The molecule has 0 unspecified atom stereocenters. The van der Waals surface area contributed by atoms with Crippen LogP contribution in [0.1, 0.15) is 11.1 Å². The second-order valence-corrected chi connectivity index (χ2v) is 5.48. The molecule has 0 atom stereocenters. The SMILES string of the molecule is Cc1cccc(CSc2nncc3ccccc23)c1. The quantitative estimate of drug-likeness (QED) is 0.663. The van der Waals surface area contributed by atoms with Gasteiger partial charge in [0.2, 0.25) is 0 Å². The number of fused-ring (bicyclic) bond motifs is 1. The molecular formula is C16H14N2S. The van der Waals surface area contributed by atoms with Gasteiger partial charge in [-0.1, -0.05) is 65.9 Å². The zero-order chi connectivity index (χ0) is 13.1. The Morgan fingerprint density at radius 3 is 2.84 bits per heavy atom. The van der Waals surface area contributed by atoms with Gasteiger partial charge in [-0.2, -0.15) is 5.10 Å². The Kier molecular flexibility index (Phi) is 3.47. The van der Waals surface area contributed by atoms with E-state index in [9.17, 15) is 0 Å². The van der Waals surface area contributed by atoms with Crippen molar-refractivity contribution in [3.8, 4) is 0 Å². The number of aromatic nitrogens is 2. The minimum atomic E-state index is 0.921. The molecule has 0 aliphatic rings. The number of hydrogen-bond acceptors (Lipinski definition) is 3. The van der Waals surface area contributed by atoms with Gasteiger partial charge < -0.3 is 0 Å². The summed E-state index contributed by atoms with van der Waals surface area (Å²) in [5.41, 5.74) is 2.61. The van der Waals surface area contributed by atoms with Crippen molar-refractivity contribution in [1.82, 2.24) is 10.2 Å². The van der Waals surface area contributed by atoms with Crippen molar-refractivity contribution in [1.29, 1.82) is 0 Å². The maximum Gasteiger partial charge on any atom is 0.127 e. The topological polar surface area (TPSA) is 25.8 Å². The first-order valence-electron chi connectivity index (χ1n) is 6.22. The number of rotatable bonds is 3. The van der Waals surface area contributed by atoms with E-state index < -0.39 is 0 Å².